The minimum absolute atomic E-state index is 0.149. The number of anilines is 1. The number of fused-ring (bicyclic) bond motifs is 4. The number of ether oxygens (including phenoxy) is 2. The van der Waals surface area contributed by atoms with Gasteiger partial charge in [0, 0.05) is 17.2 Å². The van der Waals surface area contributed by atoms with Gasteiger partial charge in [0.25, 0.3) is 16.4 Å². The fourth-order valence-corrected chi connectivity index (χ4v) is 4.98. The van der Waals surface area contributed by atoms with Gasteiger partial charge < -0.3 is 9.47 Å². The fraction of sp³-hybridized carbons (Fsp3) is 0.227. The van der Waals surface area contributed by atoms with Crippen LogP contribution in [-0.4, -0.2) is 27.6 Å². The number of hydrogen-bond acceptors (Lipinski definition) is 5. The molecule has 3 rings (SSSR count). The number of benzene rings is 2. The fourth-order valence-electron chi connectivity index (χ4n) is 3.29. The first-order valence-electron chi connectivity index (χ1n) is 9.76. The van der Waals surface area contributed by atoms with E-state index >= 15 is 0 Å². The molecule has 0 saturated carbocycles. The smallest absolute Gasteiger partial charge is 0.338 e. The molecule has 0 unspecified atom stereocenters. The van der Waals surface area contributed by atoms with Crippen LogP contribution >= 0.6 is 11.6 Å². The molecule has 0 saturated heterocycles. The standard InChI is InChI=1S/C22H18ClF4NO5S/c1-3-12-13-9-17(16(25)10-15(13)24)28-34(30,31)19-8-11(7-14(23)20(19)21(26)27)22(29)33-6-5-32-18(12)4-2/h3-4,7-10,21,28H,5-6H2,1-2H3/b12-3-,18-4+. The lowest BCUT2D eigenvalue weighted by Crippen LogP contribution is -2.18. The van der Waals surface area contributed by atoms with Gasteiger partial charge in [-0.25, -0.2) is 30.8 Å². The van der Waals surface area contributed by atoms with Crippen molar-refractivity contribution < 1.29 is 40.2 Å². The summed E-state index contributed by atoms with van der Waals surface area (Å²) >= 11 is 5.86. The molecule has 1 aliphatic heterocycles. The molecular weight excluding hydrogens is 502 g/mol. The number of cyclic esters (lactones) is 1. The maximum Gasteiger partial charge on any atom is 0.338 e. The number of alkyl halides is 2. The van der Waals surface area contributed by atoms with Crippen molar-refractivity contribution in [1.29, 1.82) is 0 Å². The molecule has 34 heavy (non-hydrogen) atoms. The molecule has 0 amide bonds. The zero-order valence-corrected chi connectivity index (χ0v) is 19.4. The van der Waals surface area contributed by atoms with E-state index in [4.69, 9.17) is 21.1 Å². The van der Waals surface area contributed by atoms with Crippen LogP contribution in [0.4, 0.5) is 23.2 Å². The molecule has 0 spiro atoms. The third-order valence-electron chi connectivity index (χ3n) is 4.82. The molecule has 0 radical (unpaired) electrons. The summed E-state index contributed by atoms with van der Waals surface area (Å²) in [6.07, 6.45) is -0.411. The maximum absolute atomic E-state index is 14.7. The minimum atomic E-state index is -4.93. The van der Waals surface area contributed by atoms with Gasteiger partial charge in [-0.1, -0.05) is 17.7 Å². The van der Waals surface area contributed by atoms with E-state index in [-0.39, 0.29) is 30.1 Å². The van der Waals surface area contributed by atoms with Crippen molar-refractivity contribution in [2.45, 2.75) is 25.2 Å². The number of carbonyl (C=O) groups excluding carboxylic acids is 1. The Morgan fingerprint density at radius 2 is 1.71 bits per heavy atom. The van der Waals surface area contributed by atoms with Crippen molar-refractivity contribution in [1.82, 2.24) is 0 Å². The van der Waals surface area contributed by atoms with Crippen molar-refractivity contribution in [3.8, 4) is 0 Å². The average Bonchev–Trinajstić information content (AvgIpc) is 2.76. The molecule has 12 heteroatoms. The molecular formula is C22H18ClF4NO5S. The van der Waals surface area contributed by atoms with Crippen LogP contribution in [0.25, 0.3) is 5.57 Å². The van der Waals surface area contributed by atoms with E-state index in [9.17, 15) is 30.8 Å². The Kier molecular flexibility index (Phi) is 7.57. The molecule has 2 aromatic carbocycles. The SMILES string of the molecule is C/C=C1\C(=C/C)OCCOC(=O)c2cc(Cl)c(C(F)F)c(c2)S(=O)(=O)Nc2cc1c(F)cc2F. The van der Waals surface area contributed by atoms with E-state index in [1.807, 2.05) is 4.72 Å². The highest BCUT2D eigenvalue weighted by Crippen LogP contribution is 2.37. The lowest BCUT2D eigenvalue weighted by molar-refractivity contribution is 0.0408. The number of carbonyl (C=O) groups is 1. The first-order valence-corrected chi connectivity index (χ1v) is 11.6. The van der Waals surface area contributed by atoms with Crippen molar-refractivity contribution in [2.24, 2.45) is 0 Å². The summed E-state index contributed by atoms with van der Waals surface area (Å²) in [5, 5.41) is -0.710. The third-order valence-corrected chi connectivity index (χ3v) is 6.53. The number of hydrogen-bond donors (Lipinski definition) is 1. The van der Waals surface area contributed by atoms with Crippen molar-refractivity contribution in [2.75, 3.05) is 17.9 Å². The van der Waals surface area contributed by atoms with Crippen LogP contribution in [0.1, 0.15) is 41.8 Å². The molecule has 2 aromatic rings. The van der Waals surface area contributed by atoms with Gasteiger partial charge >= 0.3 is 5.97 Å². The van der Waals surface area contributed by atoms with Crippen molar-refractivity contribution >= 4 is 38.9 Å². The van der Waals surface area contributed by atoms with Gasteiger partial charge in [-0.3, -0.25) is 4.72 Å². The quantitative estimate of drug-likeness (QED) is 0.377. The summed E-state index contributed by atoms with van der Waals surface area (Å²) in [4.78, 5) is 11.3. The Hall–Kier alpha value is -3.05. The highest BCUT2D eigenvalue weighted by atomic mass is 35.5. The predicted molar refractivity (Wildman–Crippen MR) is 117 cm³/mol. The van der Waals surface area contributed by atoms with Gasteiger partial charge in [-0.2, -0.15) is 0 Å². The van der Waals surface area contributed by atoms with Crippen molar-refractivity contribution in [3.05, 3.63) is 75.5 Å². The number of allylic oxidation sites excluding steroid dienone is 3. The van der Waals surface area contributed by atoms with Crippen LogP contribution in [0, 0.1) is 11.6 Å². The summed E-state index contributed by atoms with van der Waals surface area (Å²) < 4.78 is 95.1. The Labute approximate surface area is 197 Å². The molecule has 0 aromatic heterocycles. The van der Waals surface area contributed by atoms with Crippen LogP contribution in [0.15, 0.2) is 47.1 Å². The van der Waals surface area contributed by atoms with Gasteiger partial charge in [0.2, 0.25) is 0 Å². The van der Waals surface area contributed by atoms with E-state index in [1.165, 1.54) is 12.2 Å². The molecule has 4 bridgehead atoms. The predicted octanol–water partition coefficient (Wildman–Crippen LogP) is 5.85. The van der Waals surface area contributed by atoms with Gasteiger partial charge in [0.15, 0.2) is 0 Å². The highest BCUT2D eigenvalue weighted by Gasteiger charge is 2.30. The molecule has 0 fully saturated rings. The Balaban J connectivity index is 2.30. The first kappa shape index (κ1) is 25.6. The van der Waals surface area contributed by atoms with Gasteiger partial charge in [0.1, 0.15) is 30.6 Å². The second-order valence-electron chi connectivity index (χ2n) is 6.93. The van der Waals surface area contributed by atoms with Crippen LogP contribution in [0.2, 0.25) is 5.02 Å². The lowest BCUT2D eigenvalue weighted by Gasteiger charge is -2.17. The Morgan fingerprint density at radius 3 is 2.32 bits per heavy atom. The van der Waals surface area contributed by atoms with Crippen LogP contribution in [0.3, 0.4) is 0 Å². The normalized spacial score (nSPS) is 18.6. The summed E-state index contributed by atoms with van der Waals surface area (Å²) in [7, 11) is -4.93. The molecule has 0 aliphatic carbocycles. The van der Waals surface area contributed by atoms with Gasteiger partial charge in [-0.05, 0) is 38.1 Å². The zero-order valence-electron chi connectivity index (χ0n) is 17.8. The third kappa shape index (κ3) is 5.05. The molecule has 6 nitrogen and oxygen atoms in total. The summed E-state index contributed by atoms with van der Waals surface area (Å²) in [6.45, 7) is 2.65. The monoisotopic (exact) mass is 519 g/mol. The van der Waals surface area contributed by atoms with E-state index < -0.39 is 60.8 Å². The van der Waals surface area contributed by atoms with E-state index in [1.54, 1.807) is 13.8 Å². The minimum Gasteiger partial charge on any atom is -0.490 e. The Morgan fingerprint density at radius 1 is 1.03 bits per heavy atom. The average molecular weight is 520 g/mol. The summed E-state index contributed by atoms with van der Waals surface area (Å²) in [6, 6.07) is 2.82. The molecule has 0 atom stereocenters. The summed E-state index contributed by atoms with van der Waals surface area (Å²) in [5.74, 6) is -3.22. The van der Waals surface area contributed by atoms with E-state index in [2.05, 4.69) is 0 Å². The number of halogens is 5. The number of sulfonamides is 1. The molecule has 182 valence electrons. The van der Waals surface area contributed by atoms with Gasteiger partial charge in [-0.15, -0.1) is 0 Å². The van der Waals surface area contributed by atoms with E-state index in [0.717, 1.165) is 12.1 Å². The second kappa shape index (κ2) is 10.1. The largest absolute Gasteiger partial charge is 0.490 e. The van der Waals surface area contributed by atoms with Crippen molar-refractivity contribution in [3.63, 3.8) is 0 Å². The topological polar surface area (TPSA) is 81.7 Å². The Bertz CT molecular complexity index is 1310. The second-order valence-corrected chi connectivity index (χ2v) is 8.99. The van der Waals surface area contributed by atoms with E-state index in [0.29, 0.717) is 12.1 Å². The number of nitrogens with one attached hydrogen (secondary N) is 1. The highest BCUT2D eigenvalue weighted by molar-refractivity contribution is 7.92. The molecule has 1 aliphatic rings. The molecule has 1 N–H and O–H groups in total. The first-order chi connectivity index (χ1) is 16.0. The molecule has 1 heterocycles. The van der Waals surface area contributed by atoms with Crippen LogP contribution in [-0.2, 0) is 19.5 Å². The lowest BCUT2D eigenvalue weighted by atomic mass is 10.0. The number of esters is 1. The van der Waals surface area contributed by atoms with Gasteiger partial charge in [0.05, 0.1) is 26.7 Å². The maximum atomic E-state index is 14.7. The van der Waals surface area contributed by atoms with Crippen LogP contribution in [0.5, 0.6) is 0 Å². The van der Waals surface area contributed by atoms with Crippen LogP contribution < -0.4 is 4.72 Å². The summed E-state index contributed by atoms with van der Waals surface area (Å²) in [5.41, 5.74) is -2.30. The number of rotatable bonds is 1. The zero-order chi connectivity index (χ0) is 25.2.